The summed E-state index contributed by atoms with van der Waals surface area (Å²) in [7, 11) is 2.15. The molecule has 3 aromatic heterocycles. The van der Waals surface area contributed by atoms with Crippen LogP contribution in [0.1, 0.15) is 61.4 Å². The molecule has 2 aliphatic rings. The van der Waals surface area contributed by atoms with Crippen LogP contribution < -0.4 is 19.9 Å². The van der Waals surface area contributed by atoms with E-state index in [1.807, 2.05) is 55.6 Å². The minimum absolute atomic E-state index is 0.198. The number of nitrogens with one attached hydrogen (secondary N) is 1. The van der Waals surface area contributed by atoms with E-state index in [1.165, 1.54) is 19.3 Å². The van der Waals surface area contributed by atoms with E-state index in [1.54, 1.807) is 6.20 Å². The van der Waals surface area contributed by atoms with Crippen LogP contribution in [0.5, 0.6) is 5.88 Å². The number of hydrogen-bond acceptors (Lipinski definition) is 8. The Morgan fingerprint density at radius 1 is 0.922 bits per heavy atom. The van der Waals surface area contributed by atoms with Crippen LogP contribution in [0.3, 0.4) is 0 Å². The second-order valence-corrected chi connectivity index (χ2v) is 14.1. The Morgan fingerprint density at radius 3 is 2.43 bits per heavy atom. The van der Waals surface area contributed by atoms with Crippen molar-refractivity contribution in [2.45, 2.75) is 72.1 Å². The van der Waals surface area contributed by atoms with Crippen molar-refractivity contribution >= 4 is 28.1 Å². The Labute approximate surface area is 301 Å². The summed E-state index contributed by atoms with van der Waals surface area (Å²) in [6, 6.07) is 20.5. The summed E-state index contributed by atoms with van der Waals surface area (Å²) >= 11 is 0. The Balaban J connectivity index is 1.27. The molecule has 266 valence electrons. The predicted octanol–water partition coefficient (Wildman–Crippen LogP) is 8.55. The normalized spacial score (nSPS) is 15.7. The first-order valence-electron chi connectivity index (χ1n) is 18.5. The fraction of sp³-hybridized carbons (Fsp3) is 0.405. The van der Waals surface area contributed by atoms with Crippen LogP contribution in [-0.2, 0) is 13.2 Å². The van der Waals surface area contributed by atoms with E-state index in [0.29, 0.717) is 42.1 Å². The van der Waals surface area contributed by atoms with Crippen molar-refractivity contribution in [1.82, 2.24) is 19.9 Å². The van der Waals surface area contributed by atoms with Crippen LogP contribution in [0, 0.1) is 19.7 Å². The topological polar surface area (TPSA) is 69.7 Å². The van der Waals surface area contributed by atoms with Gasteiger partial charge in [0.15, 0.2) is 5.82 Å². The fourth-order valence-electron chi connectivity index (χ4n) is 7.73. The van der Waals surface area contributed by atoms with Crippen molar-refractivity contribution in [2.24, 2.45) is 0 Å². The zero-order valence-corrected chi connectivity index (χ0v) is 30.5. The van der Waals surface area contributed by atoms with Crippen molar-refractivity contribution in [3.8, 4) is 17.0 Å². The summed E-state index contributed by atoms with van der Waals surface area (Å²) in [5, 5.41) is 5.37. The molecule has 0 atom stereocenters. The molecule has 1 aliphatic heterocycles. The van der Waals surface area contributed by atoms with Crippen LogP contribution in [0.2, 0.25) is 0 Å². The number of benzene rings is 2. The van der Waals surface area contributed by atoms with Crippen LogP contribution in [0.25, 0.3) is 21.9 Å². The van der Waals surface area contributed by atoms with Gasteiger partial charge >= 0.3 is 0 Å². The molecule has 0 bridgehead atoms. The smallest absolute Gasteiger partial charge is 0.219 e. The molecule has 1 saturated heterocycles. The molecule has 8 nitrogen and oxygen atoms in total. The van der Waals surface area contributed by atoms with Gasteiger partial charge in [0, 0.05) is 90.9 Å². The molecule has 0 unspecified atom stereocenters. The van der Waals surface area contributed by atoms with E-state index in [4.69, 9.17) is 19.7 Å². The molecular weight excluding hydrogens is 638 g/mol. The summed E-state index contributed by atoms with van der Waals surface area (Å²) in [6.07, 6.45) is 9.35. The van der Waals surface area contributed by atoms with Gasteiger partial charge in [0.1, 0.15) is 18.2 Å². The summed E-state index contributed by atoms with van der Waals surface area (Å²) in [5.41, 5.74) is 6.01. The number of pyridine rings is 3. The van der Waals surface area contributed by atoms with Crippen LogP contribution >= 0.6 is 0 Å². The van der Waals surface area contributed by atoms with E-state index < -0.39 is 0 Å². The van der Waals surface area contributed by atoms with Gasteiger partial charge < -0.3 is 24.8 Å². The largest absolute Gasteiger partial charge is 0.473 e. The predicted molar refractivity (Wildman–Crippen MR) is 206 cm³/mol. The summed E-state index contributed by atoms with van der Waals surface area (Å²) in [5.74, 6) is 2.04. The highest BCUT2D eigenvalue weighted by molar-refractivity contribution is 6.03. The number of likely N-dealkylation sites (N-methyl/N-ethyl adjacent to an activating group) is 1. The summed E-state index contributed by atoms with van der Waals surface area (Å²) < 4.78 is 23.5. The van der Waals surface area contributed by atoms with Gasteiger partial charge in [-0.15, -0.1) is 0 Å². The molecule has 1 aliphatic carbocycles. The zero-order chi connectivity index (χ0) is 35.3. The molecule has 7 rings (SSSR count). The molecule has 5 aromatic rings. The number of aryl methyl sites for hydroxylation is 2. The molecule has 1 N–H and O–H groups in total. The minimum Gasteiger partial charge on any atom is -0.473 e. The van der Waals surface area contributed by atoms with Crippen molar-refractivity contribution in [3.05, 3.63) is 101 Å². The first kappa shape index (κ1) is 34.7. The zero-order valence-electron chi connectivity index (χ0n) is 30.5. The second kappa shape index (κ2) is 15.6. The maximum atomic E-state index is 17.2. The first-order valence-corrected chi connectivity index (χ1v) is 18.5. The lowest BCUT2D eigenvalue weighted by atomic mass is 9.92. The molecule has 2 aromatic carbocycles. The Hall–Kier alpha value is -4.76. The van der Waals surface area contributed by atoms with E-state index in [-0.39, 0.29) is 5.82 Å². The van der Waals surface area contributed by atoms with Gasteiger partial charge in [-0.05, 0) is 82.1 Å². The molecule has 0 spiro atoms. The highest BCUT2D eigenvalue weighted by Gasteiger charge is 2.27. The number of hydrogen-bond donors (Lipinski definition) is 1. The molecule has 2 fully saturated rings. The van der Waals surface area contributed by atoms with Crippen LogP contribution in [-0.4, -0.2) is 65.7 Å². The Bertz CT molecular complexity index is 1940. The molecular formula is C42H50FN7O. The number of halogens is 1. The maximum absolute atomic E-state index is 17.2. The summed E-state index contributed by atoms with van der Waals surface area (Å²) in [4.78, 5) is 21.4. The molecule has 51 heavy (non-hydrogen) atoms. The van der Waals surface area contributed by atoms with Crippen molar-refractivity contribution in [3.63, 3.8) is 0 Å². The standard InChI is InChI=1S/C42H50FN7O/c1-5-50(33-14-10-7-11-15-33)40-34-18-19-44-41(46-27-37-29(2)24-30(3)47-42(37)51-28-31-12-8-6-9-13-31)36(34)25-35(39(40)43)32-16-17-38(45-26-32)49-22-20-48(4)21-23-49/h6,8-9,12-13,16-19,24-26,33H,5,7,10-11,14-15,20-23,27-28H2,1-4H3,(H,44,46). The number of piperazine rings is 1. The monoisotopic (exact) mass is 687 g/mol. The quantitative estimate of drug-likeness (QED) is 0.148. The average Bonchev–Trinajstić information content (AvgIpc) is 3.16. The van der Waals surface area contributed by atoms with Gasteiger partial charge in [0.05, 0.1) is 5.69 Å². The summed E-state index contributed by atoms with van der Waals surface area (Å²) in [6.45, 7) is 11.7. The number of aromatic nitrogens is 3. The van der Waals surface area contributed by atoms with E-state index in [9.17, 15) is 0 Å². The lowest BCUT2D eigenvalue weighted by molar-refractivity contribution is 0.290. The molecule has 4 heterocycles. The third kappa shape index (κ3) is 7.64. The second-order valence-electron chi connectivity index (χ2n) is 14.1. The van der Waals surface area contributed by atoms with Crippen molar-refractivity contribution in [2.75, 3.05) is 54.9 Å². The number of nitrogens with zero attached hydrogens (tertiary/aromatic N) is 6. The van der Waals surface area contributed by atoms with Gasteiger partial charge in [-0.25, -0.2) is 19.3 Å². The third-order valence-corrected chi connectivity index (χ3v) is 10.6. The van der Waals surface area contributed by atoms with Crippen molar-refractivity contribution in [1.29, 1.82) is 0 Å². The van der Waals surface area contributed by atoms with Crippen LogP contribution in [0.15, 0.2) is 73.1 Å². The van der Waals surface area contributed by atoms with E-state index >= 15 is 4.39 Å². The van der Waals surface area contributed by atoms with Crippen LogP contribution in [0.4, 0.5) is 21.7 Å². The van der Waals surface area contributed by atoms with E-state index in [2.05, 4.69) is 59.1 Å². The lowest BCUT2D eigenvalue weighted by Gasteiger charge is -2.36. The van der Waals surface area contributed by atoms with Gasteiger partial charge in [-0.3, -0.25) is 0 Å². The van der Waals surface area contributed by atoms with E-state index in [0.717, 1.165) is 90.1 Å². The molecule has 0 amide bonds. The van der Waals surface area contributed by atoms with Gasteiger partial charge in [-0.2, -0.15) is 0 Å². The molecule has 1 saturated carbocycles. The fourth-order valence-corrected chi connectivity index (χ4v) is 7.73. The molecule has 9 heteroatoms. The number of anilines is 3. The Kier molecular flexibility index (Phi) is 10.6. The van der Waals surface area contributed by atoms with Gasteiger partial charge in [-0.1, -0.05) is 49.6 Å². The highest BCUT2D eigenvalue weighted by atomic mass is 19.1. The Morgan fingerprint density at radius 2 is 1.71 bits per heavy atom. The molecule has 0 radical (unpaired) electrons. The van der Waals surface area contributed by atoms with Gasteiger partial charge in [0.2, 0.25) is 5.88 Å². The number of rotatable bonds is 11. The van der Waals surface area contributed by atoms with Crippen molar-refractivity contribution < 1.29 is 9.13 Å². The third-order valence-electron chi connectivity index (χ3n) is 10.6. The lowest BCUT2D eigenvalue weighted by Crippen LogP contribution is -2.44. The number of ether oxygens (including phenoxy) is 1. The average molecular weight is 688 g/mol. The number of fused-ring (bicyclic) bond motifs is 1. The van der Waals surface area contributed by atoms with Gasteiger partial charge in [0.25, 0.3) is 0 Å². The maximum Gasteiger partial charge on any atom is 0.219 e. The highest BCUT2D eigenvalue weighted by Crippen LogP contribution is 2.42. The SMILES string of the molecule is CCN(c1c(F)c(-c2ccc(N3CCN(C)CC3)nc2)cc2c(NCc3c(C)cc(C)nc3OCc3ccccc3)nccc12)C1CCCCC1. The first-order chi connectivity index (χ1) is 24.9. The minimum atomic E-state index is -0.198.